The summed E-state index contributed by atoms with van der Waals surface area (Å²) < 4.78 is 0. The quantitative estimate of drug-likeness (QED) is 0.755. The first-order chi connectivity index (χ1) is 12.1. The molecule has 0 saturated carbocycles. The van der Waals surface area contributed by atoms with Gasteiger partial charge in [0.25, 0.3) is 11.8 Å². The van der Waals surface area contributed by atoms with Crippen molar-refractivity contribution in [3.05, 3.63) is 70.7 Å². The SMILES string of the molecule is N#Cc1ccccc1-c1ccccc1C(=O)Nc1ncc(C(N)=O)s1. The zero-order chi connectivity index (χ0) is 17.8. The molecule has 2 amide bonds. The van der Waals surface area contributed by atoms with E-state index in [0.29, 0.717) is 22.3 Å². The number of aromatic nitrogens is 1. The molecule has 0 atom stereocenters. The second-order valence-electron chi connectivity index (χ2n) is 5.05. The van der Waals surface area contributed by atoms with E-state index in [-0.39, 0.29) is 15.9 Å². The van der Waals surface area contributed by atoms with Crippen LogP contribution in [0.15, 0.2) is 54.7 Å². The minimum atomic E-state index is -0.596. The van der Waals surface area contributed by atoms with Gasteiger partial charge in [0.2, 0.25) is 0 Å². The Balaban J connectivity index is 1.96. The van der Waals surface area contributed by atoms with Gasteiger partial charge in [-0.2, -0.15) is 5.26 Å². The number of nitrogens with two attached hydrogens (primary N) is 1. The van der Waals surface area contributed by atoms with Gasteiger partial charge in [-0.05, 0) is 17.7 Å². The van der Waals surface area contributed by atoms with E-state index in [1.807, 2.05) is 6.07 Å². The van der Waals surface area contributed by atoms with E-state index >= 15 is 0 Å². The second-order valence-corrected chi connectivity index (χ2v) is 6.08. The first kappa shape index (κ1) is 16.4. The van der Waals surface area contributed by atoms with Gasteiger partial charge in [0, 0.05) is 11.1 Å². The van der Waals surface area contributed by atoms with E-state index in [2.05, 4.69) is 16.4 Å². The number of carbonyl (C=O) groups excluding carboxylic acids is 2. The van der Waals surface area contributed by atoms with Gasteiger partial charge in [0.1, 0.15) is 4.88 Å². The molecule has 0 saturated heterocycles. The maximum atomic E-state index is 12.6. The molecule has 1 heterocycles. The zero-order valence-electron chi connectivity index (χ0n) is 12.9. The van der Waals surface area contributed by atoms with E-state index in [1.165, 1.54) is 6.20 Å². The van der Waals surface area contributed by atoms with Crippen molar-refractivity contribution >= 4 is 28.3 Å². The Hall–Kier alpha value is -3.50. The Bertz CT molecular complexity index is 1000. The molecule has 0 radical (unpaired) electrons. The van der Waals surface area contributed by atoms with Gasteiger partial charge in [-0.25, -0.2) is 4.98 Å². The second kappa shape index (κ2) is 6.95. The lowest BCUT2D eigenvalue weighted by Gasteiger charge is -2.10. The lowest BCUT2D eigenvalue weighted by atomic mass is 9.95. The number of amides is 2. The van der Waals surface area contributed by atoms with Gasteiger partial charge in [0.15, 0.2) is 5.13 Å². The third-order valence-corrected chi connectivity index (χ3v) is 4.41. The fourth-order valence-corrected chi connectivity index (χ4v) is 3.01. The van der Waals surface area contributed by atoms with Crippen molar-refractivity contribution in [3.8, 4) is 17.2 Å². The highest BCUT2D eigenvalue weighted by Gasteiger charge is 2.16. The minimum absolute atomic E-state index is 0.262. The lowest BCUT2D eigenvalue weighted by Crippen LogP contribution is -2.13. The summed E-state index contributed by atoms with van der Waals surface area (Å²) in [7, 11) is 0. The Morgan fingerprint density at radius 1 is 1.08 bits per heavy atom. The number of benzene rings is 2. The monoisotopic (exact) mass is 348 g/mol. The number of hydrogen-bond donors (Lipinski definition) is 2. The van der Waals surface area contributed by atoms with Crippen LogP contribution in [0.25, 0.3) is 11.1 Å². The summed E-state index contributed by atoms with van der Waals surface area (Å²) in [6, 6.07) is 16.2. The number of thiazole rings is 1. The molecule has 0 unspecified atom stereocenters. The molecule has 2 aromatic carbocycles. The highest BCUT2D eigenvalue weighted by Crippen LogP contribution is 2.28. The van der Waals surface area contributed by atoms with Crippen molar-refractivity contribution in [1.29, 1.82) is 5.26 Å². The number of primary amides is 1. The summed E-state index contributed by atoms with van der Waals surface area (Å²) in [6.45, 7) is 0. The van der Waals surface area contributed by atoms with Crippen LogP contribution in [-0.4, -0.2) is 16.8 Å². The molecule has 7 heteroatoms. The molecular weight excluding hydrogens is 336 g/mol. The minimum Gasteiger partial charge on any atom is -0.365 e. The number of carbonyl (C=O) groups is 2. The molecule has 0 aliphatic heterocycles. The highest BCUT2D eigenvalue weighted by atomic mass is 32.1. The molecule has 3 rings (SSSR count). The van der Waals surface area contributed by atoms with Crippen LogP contribution in [-0.2, 0) is 0 Å². The largest absolute Gasteiger partial charge is 0.365 e. The topological polar surface area (TPSA) is 109 Å². The van der Waals surface area contributed by atoms with Crippen molar-refractivity contribution in [2.45, 2.75) is 0 Å². The number of nitrogens with one attached hydrogen (secondary N) is 1. The van der Waals surface area contributed by atoms with Crippen LogP contribution < -0.4 is 11.1 Å². The predicted octanol–water partition coefficient (Wildman–Crippen LogP) is 3.03. The first-order valence-electron chi connectivity index (χ1n) is 7.25. The summed E-state index contributed by atoms with van der Waals surface area (Å²) in [5.41, 5.74) is 7.39. The van der Waals surface area contributed by atoms with E-state index in [4.69, 9.17) is 5.73 Å². The van der Waals surface area contributed by atoms with Crippen LogP contribution in [0.3, 0.4) is 0 Å². The normalized spacial score (nSPS) is 10.0. The van der Waals surface area contributed by atoms with E-state index in [9.17, 15) is 14.9 Å². The third-order valence-electron chi connectivity index (χ3n) is 3.48. The molecule has 0 bridgehead atoms. The van der Waals surface area contributed by atoms with Gasteiger partial charge in [-0.3, -0.25) is 14.9 Å². The predicted molar refractivity (Wildman–Crippen MR) is 95.2 cm³/mol. The molecule has 25 heavy (non-hydrogen) atoms. The first-order valence-corrected chi connectivity index (χ1v) is 8.07. The summed E-state index contributed by atoms with van der Waals surface area (Å²) in [5, 5.41) is 12.2. The van der Waals surface area contributed by atoms with Gasteiger partial charge in [0.05, 0.1) is 17.8 Å². The summed E-state index contributed by atoms with van der Waals surface area (Å²) in [4.78, 5) is 28.0. The van der Waals surface area contributed by atoms with Crippen LogP contribution in [0.4, 0.5) is 5.13 Å². The van der Waals surface area contributed by atoms with E-state index < -0.39 is 5.91 Å². The third kappa shape index (κ3) is 3.39. The molecule has 0 fully saturated rings. The molecule has 6 nitrogen and oxygen atoms in total. The molecule has 0 aliphatic carbocycles. The van der Waals surface area contributed by atoms with E-state index in [0.717, 1.165) is 11.3 Å². The molecule has 0 aliphatic rings. The number of anilines is 1. The van der Waals surface area contributed by atoms with Crippen LogP contribution in [0.5, 0.6) is 0 Å². The van der Waals surface area contributed by atoms with Gasteiger partial charge in [-0.1, -0.05) is 47.7 Å². The summed E-state index contributed by atoms with van der Waals surface area (Å²) >= 11 is 1.00. The number of nitriles is 1. The average molecular weight is 348 g/mol. The molecule has 1 aromatic heterocycles. The molecule has 122 valence electrons. The molecular formula is C18H12N4O2S. The fraction of sp³-hybridized carbons (Fsp3) is 0. The summed E-state index contributed by atoms with van der Waals surface area (Å²) in [5.74, 6) is -0.977. The lowest BCUT2D eigenvalue weighted by molar-refractivity contribution is 0.100. The van der Waals surface area contributed by atoms with Crippen molar-refractivity contribution in [3.63, 3.8) is 0 Å². The molecule has 3 N–H and O–H groups in total. The van der Waals surface area contributed by atoms with Gasteiger partial charge in [-0.15, -0.1) is 0 Å². The van der Waals surface area contributed by atoms with Gasteiger partial charge >= 0.3 is 0 Å². The van der Waals surface area contributed by atoms with Crippen molar-refractivity contribution in [1.82, 2.24) is 4.98 Å². The standard InChI is InChI=1S/C18H12N4O2S/c19-9-11-5-1-2-6-12(11)13-7-3-4-8-14(13)17(24)22-18-21-10-15(25-18)16(20)23/h1-8,10H,(H2,20,23)(H,21,22,24). The number of hydrogen-bond acceptors (Lipinski definition) is 5. The Morgan fingerprint density at radius 2 is 1.76 bits per heavy atom. The molecule has 0 spiro atoms. The van der Waals surface area contributed by atoms with Crippen LogP contribution in [0.2, 0.25) is 0 Å². The maximum Gasteiger partial charge on any atom is 0.260 e. The fourth-order valence-electron chi connectivity index (χ4n) is 2.34. The van der Waals surface area contributed by atoms with Gasteiger partial charge < -0.3 is 5.73 Å². The van der Waals surface area contributed by atoms with Crippen molar-refractivity contribution < 1.29 is 9.59 Å². The van der Waals surface area contributed by atoms with E-state index in [1.54, 1.807) is 42.5 Å². The Morgan fingerprint density at radius 3 is 2.44 bits per heavy atom. The molecule has 3 aromatic rings. The van der Waals surface area contributed by atoms with Crippen molar-refractivity contribution in [2.24, 2.45) is 5.73 Å². The average Bonchev–Trinajstić information content (AvgIpc) is 3.10. The van der Waals surface area contributed by atoms with Crippen LogP contribution >= 0.6 is 11.3 Å². The Labute approximate surface area is 147 Å². The Kier molecular flexibility index (Phi) is 4.55. The zero-order valence-corrected chi connectivity index (χ0v) is 13.7. The highest BCUT2D eigenvalue weighted by molar-refractivity contribution is 7.17. The van der Waals surface area contributed by atoms with Crippen LogP contribution in [0.1, 0.15) is 25.6 Å². The van der Waals surface area contributed by atoms with Crippen LogP contribution in [0, 0.1) is 11.3 Å². The van der Waals surface area contributed by atoms with Crippen molar-refractivity contribution in [2.75, 3.05) is 5.32 Å². The maximum absolute atomic E-state index is 12.6. The smallest absolute Gasteiger partial charge is 0.260 e. The number of nitrogens with zero attached hydrogens (tertiary/aromatic N) is 2. The number of rotatable bonds is 4. The summed E-state index contributed by atoms with van der Waals surface area (Å²) in [6.07, 6.45) is 1.32.